The number of aliphatic hydroxyl groups is 1. The maximum Gasteiger partial charge on any atom is 0.351 e. The van der Waals surface area contributed by atoms with Crippen molar-refractivity contribution in [1.82, 2.24) is 61.8 Å². The van der Waals surface area contributed by atoms with Crippen molar-refractivity contribution in [3.05, 3.63) is 142 Å². The number of benzene rings is 1. The van der Waals surface area contributed by atoms with Crippen LogP contribution in [0.2, 0.25) is 0 Å². The Morgan fingerprint density at radius 1 is 0.741 bits per heavy atom. The van der Waals surface area contributed by atoms with Crippen LogP contribution < -0.4 is 31.9 Å². The third-order valence-electron chi connectivity index (χ3n) is 12.8. The Morgan fingerprint density at radius 2 is 1.39 bits per heavy atom. The first kappa shape index (κ1) is 59.6. The summed E-state index contributed by atoms with van der Waals surface area (Å²) >= 11 is 7.54. The first-order valence-electron chi connectivity index (χ1n) is 25.2. The number of hydrogen-bond acceptors (Lipinski definition) is 24. The average molecular weight is 1280 g/mol. The predicted molar refractivity (Wildman–Crippen MR) is 321 cm³/mol. The van der Waals surface area contributed by atoms with Gasteiger partial charge in [-0.25, -0.2) is 34.7 Å². The van der Waals surface area contributed by atoms with Crippen molar-refractivity contribution < 1.29 is 58.1 Å². The zero-order valence-electron chi connectivity index (χ0n) is 44.4. The van der Waals surface area contributed by atoms with Crippen LogP contribution in [0.3, 0.4) is 0 Å². The molecule has 10 rings (SSSR count). The second-order valence-electron chi connectivity index (χ2n) is 18.6. The molecule has 434 valence electrons. The van der Waals surface area contributed by atoms with Crippen LogP contribution in [0.25, 0.3) is 48.4 Å². The highest BCUT2D eigenvalue weighted by atomic mass is 32.2. The molecule has 0 fully saturated rings. The third kappa shape index (κ3) is 13.1. The van der Waals surface area contributed by atoms with Crippen molar-refractivity contribution in [2.45, 2.75) is 64.4 Å². The molecular formula is C54H44N12O12S7. The van der Waals surface area contributed by atoms with Gasteiger partial charge in [0.15, 0.2) is 0 Å². The van der Waals surface area contributed by atoms with Gasteiger partial charge < -0.3 is 46.9 Å². The summed E-state index contributed by atoms with van der Waals surface area (Å²) in [5, 5.41) is 44.7. The topological polar surface area (TPSA) is 353 Å². The molecule has 24 nitrogen and oxygen atoms in total. The quantitative estimate of drug-likeness (QED) is 0.0579. The van der Waals surface area contributed by atoms with E-state index >= 15 is 0 Å². The molecule has 0 spiro atoms. The number of rotatable bonds is 7. The first-order chi connectivity index (χ1) is 40.7. The number of fused-ring (bicyclic) bond motifs is 13. The lowest BCUT2D eigenvalue weighted by Gasteiger charge is -2.21. The van der Waals surface area contributed by atoms with Crippen LogP contribution in [-0.2, 0) is 30.5 Å². The highest BCUT2D eigenvalue weighted by Gasteiger charge is 2.32. The zero-order valence-corrected chi connectivity index (χ0v) is 50.1. The van der Waals surface area contributed by atoms with Crippen molar-refractivity contribution in [3.63, 3.8) is 0 Å². The van der Waals surface area contributed by atoms with Crippen LogP contribution in [0.1, 0.15) is 117 Å². The summed E-state index contributed by atoms with van der Waals surface area (Å²) in [5.74, 6) is -6.94. The lowest BCUT2D eigenvalue weighted by molar-refractivity contribution is -0.145. The minimum atomic E-state index is -1.52. The smallest absolute Gasteiger partial charge is 0.351 e. The fraction of sp³-hybridized carbons (Fsp3) is 0.204. The first-order valence-corrected chi connectivity index (χ1v) is 31.4. The van der Waals surface area contributed by atoms with Gasteiger partial charge in [0.2, 0.25) is 11.0 Å². The molecule has 31 heteroatoms. The number of hydrogen-bond donors (Lipinski definition) is 8. The molecule has 8 aromatic rings. The number of thiazole rings is 5. The van der Waals surface area contributed by atoms with Gasteiger partial charge in [-0.15, -0.1) is 68.0 Å². The van der Waals surface area contributed by atoms with E-state index < -0.39 is 83.0 Å². The number of aryl methyl sites for hydroxylation is 1. The second-order valence-corrected chi connectivity index (χ2v) is 25.0. The Balaban J connectivity index is 1.07. The lowest BCUT2D eigenvalue weighted by Crippen LogP contribution is -2.52. The van der Waals surface area contributed by atoms with E-state index in [1.54, 1.807) is 24.4 Å². The largest absolute Gasteiger partial charge is 0.477 e. The average Bonchev–Trinajstić information content (AvgIpc) is 4.32. The van der Waals surface area contributed by atoms with E-state index in [2.05, 4.69) is 59.7 Å². The molecule has 0 radical (unpaired) electrons. The number of carboxylic acids is 1. The molecule has 9 heterocycles. The molecule has 85 heavy (non-hydrogen) atoms. The van der Waals surface area contributed by atoms with E-state index in [1.807, 2.05) is 30.4 Å². The molecule has 2 aliphatic rings. The number of thioether (sulfide) groups is 1. The molecule has 6 amide bonds. The van der Waals surface area contributed by atoms with Crippen molar-refractivity contribution in [1.29, 1.82) is 0 Å². The fourth-order valence-electron chi connectivity index (χ4n) is 8.47. The molecule has 7 aromatic heterocycles. The molecule has 8 N–H and O–H groups in total. The maximum atomic E-state index is 14.5. The molecule has 0 saturated heterocycles. The maximum absolute atomic E-state index is 14.5. The zero-order chi connectivity index (χ0) is 60.4. The second kappa shape index (κ2) is 25.3. The number of thiophene rings is 1. The normalized spacial score (nSPS) is 17.9. The number of amides is 6. The van der Waals surface area contributed by atoms with E-state index in [-0.39, 0.29) is 95.9 Å². The minimum absolute atomic E-state index is 0.0107. The van der Waals surface area contributed by atoms with E-state index in [0.29, 0.717) is 26.6 Å². The number of ether oxygens (including phenoxy) is 1. The number of cyclic esters (lactones) is 1. The molecule has 2 aliphatic heterocycles. The number of carbonyl (C=O) groups excluding carboxylic acids is 8. The fourth-order valence-corrected chi connectivity index (χ4v) is 15.0. The molecule has 4 atom stereocenters. The third-order valence-corrected chi connectivity index (χ3v) is 19.7. The van der Waals surface area contributed by atoms with Gasteiger partial charge in [0.05, 0.1) is 40.2 Å². The summed E-state index contributed by atoms with van der Waals surface area (Å²) in [6.07, 6.45) is -0.0909. The number of carboxylic acid groups (broad SMARTS) is 1. The summed E-state index contributed by atoms with van der Waals surface area (Å²) in [6.45, 7) is 11.4. The monoisotopic (exact) mass is 1280 g/mol. The summed E-state index contributed by atoms with van der Waals surface area (Å²) < 4.78 is 6.58. The van der Waals surface area contributed by atoms with Crippen LogP contribution >= 0.6 is 79.8 Å². The Morgan fingerprint density at radius 3 is 2.12 bits per heavy atom. The standard InChI is InChI=1S/C54H44N12O12S7/c1-6-27-49-63-32(18-81-49)44(71)59-29-12-13-37(68)78-14-25-8-7-9-36-38(25)21(2)41(85-36)54(77)84-20-35(60-45(72)33-19-83-51(29)65-33)52-61-30(15-80-52)40-26(48-62-34(16-79-48)46(73)66-39(24(5)67)47(74)58-27)10-11-28(57-40)50-64-31(17-82-50)43(70)55-22(3)42(69)56-23(4)53(75)76/h6-11,15-19,24,29,35,39,67H,3-4,12-14,20H2,1-2,5H3,(H,55,70)(H,56,69)(H,58,74)(H,59,71)(H,60,72)(H,66,73)(H,75,76)/b27-6-/t24-,29+,35+,39+/m1/s1. The Hall–Kier alpha value is -8.56. The van der Waals surface area contributed by atoms with Crippen molar-refractivity contribution in [2.24, 2.45) is 0 Å². The number of pyridine rings is 1. The summed E-state index contributed by atoms with van der Waals surface area (Å²) in [4.78, 5) is 150. The van der Waals surface area contributed by atoms with Gasteiger partial charge in [0.1, 0.15) is 77.5 Å². The number of aliphatic hydroxyl groups excluding tert-OH is 1. The number of nitrogens with zero attached hydrogens (tertiary/aromatic N) is 6. The van der Waals surface area contributed by atoms with E-state index in [0.717, 1.165) is 78.5 Å². The van der Waals surface area contributed by atoms with E-state index in [1.165, 1.54) is 45.9 Å². The molecule has 0 saturated carbocycles. The molecule has 12 bridgehead atoms. The van der Waals surface area contributed by atoms with Crippen molar-refractivity contribution in [3.8, 4) is 32.7 Å². The van der Waals surface area contributed by atoms with Crippen LogP contribution in [0.5, 0.6) is 0 Å². The summed E-state index contributed by atoms with van der Waals surface area (Å²) in [6, 6.07) is 5.31. The Labute approximate surface area is 509 Å². The number of carbonyl (C=O) groups is 9. The van der Waals surface area contributed by atoms with Crippen molar-refractivity contribution >= 4 is 148 Å². The van der Waals surface area contributed by atoms with Crippen LogP contribution in [-0.4, -0.2) is 111 Å². The van der Waals surface area contributed by atoms with Gasteiger partial charge in [-0.05, 0) is 56.5 Å². The summed E-state index contributed by atoms with van der Waals surface area (Å²) in [5.41, 5.74) is 1.05. The molecular weight excluding hydrogens is 1230 g/mol. The minimum Gasteiger partial charge on any atom is -0.477 e. The van der Waals surface area contributed by atoms with Gasteiger partial charge in [0, 0.05) is 54.7 Å². The summed E-state index contributed by atoms with van der Waals surface area (Å²) in [7, 11) is 0. The predicted octanol–water partition coefficient (Wildman–Crippen LogP) is 7.17. The van der Waals surface area contributed by atoms with Gasteiger partial charge in [-0.2, -0.15) is 0 Å². The number of nitrogens with one attached hydrogen (secondary N) is 6. The number of esters is 1. The molecule has 0 aliphatic carbocycles. The molecule has 1 aromatic carbocycles. The van der Waals surface area contributed by atoms with Crippen LogP contribution in [0.4, 0.5) is 0 Å². The number of aliphatic carboxylic acids is 1. The molecule has 0 unspecified atom stereocenters. The Bertz CT molecular complexity index is 4130. The lowest BCUT2D eigenvalue weighted by atomic mass is 10.1. The highest BCUT2D eigenvalue weighted by Crippen LogP contribution is 2.40. The van der Waals surface area contributed by atoms with Gasteiger partial charge in [0.25, 0.3) is 29.5 Å². The van der Waals surface area contributed by atoms with Crippen molar-refractivity contribution in [2.75, 3.05) is 5.75 Å². The Kier molecular flexibility index (Phi) is 17.8. The SMILES string of the molecule is C=C(NC(=O)C(=C)NC(=O)c1csc(-c2ccc3c(n2)-c2csc(n2)[C@@H]2CSC(=O)c4sc5cccc(c5c4C)COC(=O)CC[C@H](NC(=O)c4csc(n4)/C(=C/C)NC(=O)[C@H]([C@@H](C)O)NC(=O)c4csc-3n4)c3nc(cs3)C(=O)N2)n1)C(=O)O. The number of allylic oxidation sites excluding steroid dienone is 1. The number of aromatic nitrogens is 6. The van der Waals surface area contributed by atoms with Crippen LogP contribution in [0, 0.1) is 6.92 Å². The van der Waals surface area contributed by atoms with E-state index in [9.17, 15) is 48.3 Å². The van der Waals surface area contributed by atoms with Gasteiger partial charge in [-0.1, -0.05) is 43.1 Å². The van der Waals surface area contributed by atoms with Gasteiger partial charge in [-0.3, -0.25) is 38.4 Å². The highest BCUT2D eigenvalue weighted by molar-refractivity contribution is 8.14. The van der Waals surface area contributed by atoms with E-state index in [4.69, 9.17) is 19.8 Å². The van der Waals surface area contributed by atoms with Crippen LogP contribution in [0.15, 0.2) is 87.9 Å². The van der Waals surface area contributed by atoms with Gasteiger partial charge >= 0.3 is 11.9 Å².